The zero-order valence-corrected chi connectivity index (χ0v) is 21.4. The van der Waals surface area contributed by atoms with Gasteiger partial charge in [-0.25, -0.2) is 8.42 Å². The van der Waals surface area contributed by atoms with Gasteiger partial charge in [-0.3, -0.25) is 4.99 Å². The smallest absolute Gasteiger partial charge is 0.220 e. The van der Waals surface area contributed by atoms with Crippen LogP contribution in [0.4, 0.5) is 0 Å². The van der Waals surface area contributed by atoms with Crippen LogP contribution < -0.4 is 5.32 Å². The van der Waals surface area contributed by atoms with E-state index in [0.29, 0.717) is 31.9 Å². The van der Waals surface area contributed by atoms with Crippen LogP contribution in [-0.4, -0.2) is 73.5 Å². The van der Waals surface area contributed by atoms with Gasteiger partial charge in [-0.05, 0) is 30.5 Å². The number of aryl methyl sites for hydroxylation is 1. The number of hydrogen-bond acceptors (Lipinski definition) is 5. The number of sulfonamides is 1. The summed E-state index contributed by atoms with van der Waals surface area (Å²) in [5, 5.41) is 8.37. The fourth-order valence-corrected chi connectivity index (χ4v) is 5.34. The number of piperazine rings is 1. The molecule has 0 amide bonds. The van der Waals surface area contributed by atoms with Crippen LogP contribution in [0.15, 0.2) is 46.2 Å². The maximum atomic E-state index is 12.6. The van der Waals surface area contributed by atoms with E-state index in [2.05, 4.69) is 56.7 Å². The minimum absolute atomic E-state index is 0. The molecule has 0 spiro atoms. The lowest BCUT2D eigenvalue weighted by Crippen LogP contribution is -2.54. The van der Waals surface area contributed by atoms with Gasteiger partial charge in [0.2, 0.25) is 10.0 Å². The van der Waals surface area contributed by atoms with E-state index in [1.54, 1.807) is 13.1 Å². The summed E-state index contributed by atoms with van der Waals surface area (Å²) in [4.78, 5) is 9.82. The number of H-pyrrole nitrogens is 1. The molecule has 1 saturated heterocycles. The Kier molecular flexibility index (Phi) is 8.17. The first-order valence-electron chi connectivity index (χ1n) is 10.4. The molecule has 0 aliphatic carbocycles. The summed E-state index contributed by atoms with van der Waals surface area (Å²) in [6.07, 6.45) is 4.32. The van der Waals surface area contributed by atoms with Crippen LogP contribution in [0.25, 0.3) is 10.9 Å². The molecule has 0 bridgehead atoms. The van der Waals surface area contributed by atoms with Crippen molar-refractivity contribution in [3.63, 3.8) is 0 Å². The van der Waals surface area contributed by atoms with Crippen molar-refractivity contribution in [3.05, 3.63) is 53.5 Å². The molecule has 1 aromatic carbocycles. The minimum Gasteiger partial charge on any atom is -0.364 e. The topological polar surface area (TPSA) is 107 Å². The van der Waals surface area contributed by atoms with Crippen LogP contribution in [0, 0.1) is 6.92 Å². The molecule has 4 rings (SSSR count). The van der Waals surface area contributed by atoms with Gasteiger partial charge in [0.1, 0.15) is 12.0 Å². The van der Waals surface area contributed by atoms with Crippen LogP contribution >= 0.6 is 24.0 Å². The molecule has 0 saturated carbocycles. The number of rotatable bonds is 6. The van der Waals surface area contributed by atoms with E-state index in [1.807, 2.05) is 0 Å². The molecular weight excluding hydrogens is 543 g/mol. The number of halogens is 1. The van der Waals surface area contributed by atoms with Gasteiger partial charge in [0, 0.05) is 62.9 Å². The highest BCUT2D eigenvalue weighted by Gasteiger charge is 2.28. The van der Waals surface area contributed by atoms with Crippen molar-refractivity contribution in [1.29, 1.82) is 0 Å². The Hall–Kier alpha value is -2.12. The van der Waals surface area contributed by atoms with E-state index in [-0.39, 0.29) is 29.7 Å². The monoisotopic (exact) mass is 572 g/mol. The molecular formula is C21H29IN6O3S. The molecule has 174 valence electrons. The second kappa shape index (κ2) is 10.7. The first kappa shape index (κ1) is 24.5. The van der Waals surface area contributed by atoms with Crippen molar-refractivity contribution in [3.8, 4) is 0 Å². The predicted molar refractivity (Wildman–Crippen MR) is 136 cm³/mol. The van der Waals surface area contributed by atoms with Crippen molar-refractivity contribution in [2.45, 2.75) is 19.1 Å². The Bertz CT molecular complexity index is 1150. The van der Waals surface area contributed by atoms with E-state index in [4.69, 9.17) is 4.52 Å². The van der Waals surface area contributed by atoms with Crippen molar-refractivity contribution >= 4 is 50.9 Å². The van der Waals surface area contributed by atoms with Crippen molar-refractivity contribution in [2.75, 3.05) is 39.8 Å². The molecule has 2 aromatic heterocycles. The molecule has 0 atom stereocenters. The molecule has 9 nitrogen and oxygen atoms in total. The summed E-state index contributed by atoms with van der Waals surface area (Å²) in [5.41, 5.74) is 4.08. The minimum atomic E-state index is -3.41. The zero-order valence-electron chi connectivity index (χ0n) is 18.2. The summed E-state index contributed by atoms with van der Waals surface area (Å²) in [6.45, 7) is 4.85. The van der Waals surface area contributed by atoms with Crippen molar-refractivity contribution < 1.29 is 12.9 Å². The molecule has 2 N–H and O–H groups in total. The second-order valence-electron chi connectivity index (χ2n) is 7.72. The van der Waals surface area contributed by atoms with Gasteiger partial charge in [0.25, 0.3) is 0 Å². The highest BCUT2D eigenvalue weighted by atomic mass is 127. The second-order valence-corrected chi connectivity index (χ2v) is 9.69. The van der Waals surface area contributed by atoms with Crippen LogP contribution in [0.1, 0.15) is 16.8 Å². The maximum absolute atomic E-state index is 12.6. The number of aromatic amines is 1. The summed E-state index contributed by atoms with van der Waals surface area (Å²) < 4.78 is 31.5. The zero-order chi connectivity index (χ0) is 21.8. The third-order valence-corrected chi connectivity index (χ3v) is 7.38. The molecule has 1 fully saturated rings. The summed E-state index contributed by atoms with van der Waals surface area (Å²) in [5.74, 6) is 0.657. The number of aliphatic imine (C=N–C) groups is 1. The average molecular weight is 572 g/mol. The Labute approximate surface area is 205 Å². The molecule has 3 aromatic rings. The van der Waals surface area contributed by atoms with E-state index in [1.165, 1.54) is 27.1 Å². The lowest BCUT2D eigenvalue weighted by molar-refractivity contribution is 0.260. The number of hydrogen-bond donors (Lipinski definition) is 2. The molecule has 11 heteroatoms. The molecule has 0 radical (unpaired) electrons. The standard InChI is InChI=1S/C21H28N6O3S.HI/c1-16-3-4-19-17(14-24-20(19)13-16)5-7-23-21(22-2)26-8-10-27(11-9-26)31(28,29)15-18-6-12-30-25-18;/h3-4,6,12-14,24H,5,7-11,15H2,1-2H3,(H,22,23);1H. The average Bonchev–Trinajstić information content (AvgIpc) is 3.40. The number of nitrogens with one attached hydrogen (secondary N) is 2. The number of aromatic nitrogens is 2. The van der Waals surface area contributed by atoms with Gasteiger partial charge in [-0.15, -0.1) is 24.0 Å². The molecule has 3 heterocycles. The van der Waals surface area contributed by atoms with Gasteiger partial charge in [-0.2, -0.15) is 4.31 Å². The molecule has 0 unspecified atom stereocenters. The van der Waals surface area contributed by atoms with Crippen molar-refractivity contribution in [1.82, 2.24) is 24.7 Å². The van der Waals surface area contributed by atoms with Crippen molar-refractivity contribution in [2.24, 2.45) is 4.99 Å². The number of fused-ring (bicyclic) bond motifs is 1. The first-order valence-corrected chi connectivity index (χ1v) is 12.0. The highest BCUT2D eigenvalue weighted by molar-refractivity contribution is 14.0. The molecule has 1 aliphatic heterocycles. The quantitative estimate of drug-likeness (QED) is 0.267. The molecule has 32 heavy (non-hydrogen) atoms. The van der Waals surface area contributed by atoms with E-state index in [0.717, 1.165) is 24.4 Å². The number of nitrogens with zero attached hydrogens (tertiary/aromatic N) is 4. The largest absolute Gasteiger partial charge is 0.364 e. The fourth-order valence-electron chi connectivity index (χ4n) is 3.92. The fraction of sp³-hybridized carbons (Fsp3) is 0.429. The van der Waals surface area contributed by atoms with E-state index in [9.17, 15) is 8.42 Å². The van der Waals surface area contributed by atoms with Gasteiger partial charge >= 0.3 is 0 Å². The van der Waals surface area contributed by atoms with E-state index >= 15 is 0 Å². The van der Waals surface area contributed by atoms with Gasteiger partial charge in [0.15, 0.2) is 5.96 Å². The Morgan fingerprint density at radius 2 is 2.03 bits per heavy atom. The first-order chi connectivity index (χ1) is 15.0. The SMILES string of the molecule is CN=C(NCCc1c[nH]c2cc(C)ccc12)N1CCN(S(=O)(=O)Cc2ccon2)CC1.I. The number of benzene rings is 1. The van der Waals surface area contributed by atoms with E-state index < -0.39 is 10.0 Å². The van der Waals surface area contributed by atoms with Gasteiger partial charge in [-0.1, -0.05) is 17.3 Å². The lowest BCUT2D eigenvalue weighted by atomic mass is 10.1. The summed E-state index contributed by atoms with van der Waals surface area (Å²) in [6, 6.07) is 8.02. The predicted octanol–water partition coefficient (Wildman–Crippen LogP) is 2.35. The molecule has 1 aliphatic rings. The summed E-state index contributed by atoms with van der Waals surface area (Å²) >= 11 is 0. The van der Waals surface area contributed by atoms with Gasteiger partial charge in [0.05, 0.1) is 5.69 Å². The normalized spacial score (nSPS) is 15.7. The van der Waals surface area contributed by atoms with Gasteiger partial charge < -0.3 is 19.7 Å². The highest BCUT2D eigenvalue weighted by Crippen LogP contribution is 2.19. The van der Waals surface area contributed by atoms with Crippen LogP contribution in [-0.2, 0) is 22.2 Å². The third kappa shape index (κ3) is 5.62. The maximum Gasteiger partial charge on any atom is 0.220 e. The Balaban J connectivity index is 0.00000289. The number of guanidine groups is 1. The summed E-state index contributed by atoms with van der Waals surface area (Å²) in [7, 11) is -1.66. The van der Waals surface area contributed by atoms with Crippen LogP contribution in [0.3, 0.4) is 0 Å². The third-order valence-electron chi connectivity index (χ3n) is 5.57. The Morgan fingerprint density at radius 3 is 2.72 bits per heavy atom. The Morgan fingerprint density at radius 1 is 1.25 bits per heavy atom. The van der Waals surface area contributed by atoms with Crippen LogP contribution in [0.5, 0.6) is 0 Å². The van der Waals surface area contributed by atoms with Crippen LogP contribution in [0.2, 0.25) is 0 Å². The lowest BCUT2D eigenvalue weighted by Gasteiger charge is -2.35.